The lowest BCUT2D eigenvalue weighted by Crippen LogP contribution is -2.42. The van der Waals surface area contributed by atoms with Crippen LogP contribution in [-0.2, 0) is 80.9 Å². The first-order valence-corrected chi connectivity index (χ1v) is 48.3. The molecule has 0 N–H and O–H groups in total. The van der Waals surface area contributed by atoms with Gasteiger partial charge < -0.3 is 56.8 Å². The Hall–Kier alpha value is -10.7. The Kier molecular flexibility index (Phi) is 51.7. The lowest BCUT2D eigenvalue weighted by atomic mass is 9.79. The van der Waals surface area contributed by atoms with E-state index in [2.05, 4.69) is 83.1 Å². The van der Waals surface area contributed by atoms with Gasteiger partial charge in [0.15, 0.2) is 25.9 Å². The zero-order chi connectivity index (χ0) is 103. The van der Waals surface area contributed by atoms with Crippen molar-refractivity contribution < 1.29 is 110 Å². The molecule has 0 saturated heterocycles. The molecule has 0 spiro atoms. The van der Waals surface area contributed by atoms with Crippen molar-refractivity contribution in [3.05, 3.63) is 207 Å². The van der Waals surface area contributed by atoms with E-state index in [0.717, 1.165) is 73.8 Å². The number of ether oxygens (including phenoxy) is 12. The third-order valence-corrected chi connectivity index (χ3v) is 22.7. The van der Waals surface area contributed by atoms with Crippen LogP contribution in [0, 0.1) is 5.92 Å². The molecule has 7 rings (SSSR count). The molecular formula is C112H164O23. The van der Waals surface area contributed by atoms with Crippen LogP contribution in [0.5, 0.6) is 5.75 Å². The van der Waals surface area contributed by atoms with E-state index in [9.17, 15) is 52.7 Å². The van der Waals surface area contributed by atoms with Crippen LogP contribution < -0.4 is 4.74 Å². The first kappa shape index (κ1) is 120. The molecule has 7 unspecified atom stereocenters. The molecule has 0 radical (unpaired) electrons. The quantitative estimate of drug-likeness (QED) is 0.0200. The minimum atomic E-state index is -1.33. The molecule has 0 bridgehead atoms. The van der Waals surface area contributed by atoms with Crippen molar-refractivity contribution in [1.82, 2.24) is 0 Å². The Morgan fingerprint density at radius 2 is 0.704 bits per heavy atom. The van der Waals surface area contributed by atoms with Crippen LogP contribution in [0.1, 0.15) is 432 Å². The summed E-state index contributed by atoms with van der Waals surface area (Å²) < 4.78 is 63.3. The molecular weight excluding hydrogens is 1710 g/mol. The van der Waals surface area contributed by atoms with Crippen molar-refractivity contribution in [3.8, 4) is 5.75 Å². The van der Waals surface area contributed by atoms with Crippen molar-refractivity contribution in [2.45, 2.75) is 392 Å². The third kappa shape index (κ3) is 48.0. The summed E-state index contributed by atoms with van der Waals surface area (Å²) in [5.74, 6) is -1.44. The topological polar surface area (TPSA) is 299 Å². The summed E-state index contributed by atoms with van der Waals surface area (Å²) >= 11 is 0. The van der Waals surface area contributed by atoms with E-state index in [1.165, 1.54) is 56.7 Å². The van der Waals surface area contributed by atoms with E-state index in [1.807, 2.05) is 173 Å². The largest absolute Gasteiger partial charge is 0.482 e. The van der Waals surface area contributed by atoms with Gasteiger partial charge in [-0.25, -0.2) is 47.9 Å². The van der Waals surface area contributed by atoms with Gasteiger partial charge in [-0.2, -0.15) is 0 Å². The molecule has 135 heavy (non-hydrogen) atoms. The van der Waals surface area contributed by atoms with Gasteiger partial charge in [0, 0.05) is 6.42 Å². The van der Waals surface area contributed by atoms with Gasteiger partial charge in [0.1, 0.15) is 39.4 Å². The average Bonchev–Trinajstić information content (AvgIpc) is 0.835. The summed E-state index contributed by atoms with van der Waals surface area (Å²) in [5.41, 5.74) is 4.65. The fourth-order valence-corrected chi connectivity index (χ4v) is 13.0. The Morgan fingerprint density at radius 1 is 0.333 bits per heavy atom. The second kappa shape index (κ2) is 58.0. The van der Waals surface area contributed by atoms with Gasteiger partial charge in [0.25, 0.3) is 0 Å². The molecule has 0 aromatic heterocycles. The highest BCUT2D eigenvalue weighted by molar-refractivity contribution is 5.94. The summed E-state index contributed by atoms with van der Waals surface area (Å²) in [6.45, 7) is 60.7. The van der Waals surface area contributed by atoms with E-state index in [4.69, 9.17) is 56.8 Å². The molecule has 750 valence electrons. The smallest absolute Gasteiger partial charge is 0.350 e. The third-order valence-electron chi connectivity index (χ3n) is 22.7. The van der Waals surface area contributed by atoms with E-state index in [0.29, 0.717) is 82.1 Å². The average molecular weight is 1880 g/mol. The molecule has 1 aliphatic rings. The second-order valence-electron chi connectivity index (χ2n) is 40.3. The zero-order valence-electron chi connectivity index (χ0n) is 87.6. The highest BCUT2D eigenvalue weighted by Gasteiger charge is 2.38. The summed E-state index contributed by atoms with van der Waals surface area (Å²) in [5, 5.41) is 0. The van der Waals surface area contributed by atoms with Crippen LogP contribution in [0.2, 0.25) is 0 Å². The van der Waals surface area contributed by atoms with E-state index < -0.39 is 93.1 Å². The number of rotatable bonds is 36. The molecule has 1 aliphatic carbocycles. The maximum absolute atomic E-state index is 12.3. The predicted molar refractivity (Wildman–Crippen MR) is 531 cm³/mol. The Balaban J connectivity index is 0.000000549. The lowest BCUT2D eigenvalue weighted by molar-refractivity contribution is -0.174. The molecule has 1 saturated carbocycles. The Labute approximate surface area is 808 Å². The summed E-state index contributed by atoms with van der Waals surface area (Å²) in [6, 6.07) is 44.7. The van der Waals surface area contributed by atoms with Crippen molar-refractivity contribution in [1.29, 1.82) is 0 Å². The van der Waals surface area contributed by atoms with Crippen LogP contribution in [0.4, 0.5) is 0 Å². The van der Waals surface area contributed by atoms with Gasteiger partial charge in [-0.15, -0.1) is 0 Å². The maximum atomic E-state index is 12.3. The van der Waals surface area contributed by atoms with E-state index in [1.54, 1.807) is 90.1 Å². The van der Waals surface area contributed by atoms with Crippen molar-refractivity contribution in [2.24, 2.45) is 5.92 Å². The van der Waals surface area contributed by atoms with E-state index >= 15 is 0 Å². The van der Waals surface area contributed by atoms with Crippen molar-refractivity contribution in [2.75, 3.05) is 26.4 Å². The van der Waals surface area contributed by atoms with Crippen LogP contribution in [0.25, 0.3) is 0 Å². The minimum absolute atomic E-state index is 0.0509. The molecule has 6 aromatic rings. The highest BCUT2D eigenvalue weighted by atomic mass is 16.6. The number of para-hydroxylation sites is 1. The fourth-order valence-electron chi connectivity index (χ4n) is 13.0. The molecule has 23 heteroatoms. The SMILES string of the molecule is CCC(C)c1ccc(C(=O)OC(C)(C)C(=O)OC(C)(C)C)cc1.CCC(C)c1ccc(C(=O)OCC(=O)OC(C)(C)C2CCCCC2)cc1.CCC(C)c1ccc(C(=O)OCCCC(=O)OC(C)(C)C)cc1.CCC(C)c1cccc(C(=O)OC(C)C(=O)OC(C)(C)C)c1.CCC(C)c1cccc(C(=O)OCC(=O)OC(C)(C)CC)c1.CCC(C)c1ccccc1OCC(=O)OC(C)(C)C. The van der Waals surface area contributed by atoms with Crippen molar-refractivity contribution >= 4 is 65.7 Å². The molecule has 6 aromatic carbocycles. The van der Waals surface area contributed by atoms with Crippen LogP contribution in [0.3, 0.4) is 0 Å². The Morgan fingerprint density at radius 3 is 1.12 bits per heavy atom. The summed E-state index contributed by atoms with van der Waals surface area (Å²) in [6.07, 6.45) is 12.5. The Bertz CT molecular complexity index is 4630. The maximum Gasteiger partial charge on any atom is 0.350 e. The number of esters is 11. The minimum Gasteiger partial charge on any atom is -0.482 e. The second-order valence-corrected chi connectivity index (χ2v) is 40.3. The lowest BCUT2D eigenvalue weighted by Gasteiger charge is -2.36. The number of benzene rings is 6. The number of hydrogen-bond acceptors (Lipinski definition) is 23. The first-order valence-electron chi connectivity index (χ1n) is 48.3. The van der Waals surface area contributed by atoms with Crippen LogP contribution in [-0.4, -0.2) is 137 Å². The molecule has 0 amide bonds. The summed E-state index contributed by atoms with van der Waals surface area (Å²) in [7, 11) is 0. The molecule has 0 aliphatic heterocycles. The van der Waals surface area contributed by atoms with Crippen molar-refractivity contribution in [3.63, 3.8) is 0 Å². The van der Waals surface area contributed by atoms with Gasteiger partial charge in [-0.3, -0.25) is 4.79 Å². The first-order chi connectivity index (χ1) is 62.8. The predicted octanol–water partition coefficient (Wildman–Crippen LogP) is 26.3. The fraction of sp³-hybridized carbons (Fsp3) is 0.580. The zero-order valence-corrected chi connectivity index (χ0v) is 87.6. The standard InChI is InChI=1S/C22H32O4.2C19H28O4.2C18H26O4.C16H24O3/c1-5-16(2)17-11-13-18(14-12-17)21(24)25-15-20(23)26-22(3,4)19-9-7-6-8-10-19;1-8-13(2)14-9-11-15(12-10-14)16(20)22-19(6,7)17(21)23-18(3,4)5;1-6-14(2)15-9-11-16(12-10-15)18(21)22-13-7-8-17(20)23-19(3,4)5;1-7-12(2)14-9-8-10-15(11-14)17(20)21-13(3)16(19)22-18(4,5)6;1-6-13(3)14-9-8-10-15(11-14)17(20)21-12-16(19)22-18(4,5)7-2;1-6-12(2)13-9-7-8-10-14(13)18-11-15(17)19-16(3,4)5/h11-14,16,19H,5-10,15H2,1-4H3;9-13H,8H2,1-7H3;9-12,14H,6-8,13H2,1-5H3;8-13H,7H2,1-6H3;8-11,13H,6-7,12H2,1-5H3;7-10,12H,6,11H2,1-5H3. The molecule has 1 fully saturated rings. The monoisotopic (exact) mass is 1880 g/mol. The normalized spacial score (nSPS) is 13.8. The van der Waals surface area contributed by atoms with Crippen LogP contribution >= 0.6 is 0 Å². The van der Waals surface area contributed by atoms with Gasteiger partial charge in [-0.05, 0) is 337 Å². The number of hydrogen-bond donors (Lipinski definition) is 0. The number of carbonyl (C=O) groups is 11. The van der Waals surface area contributed by atoms with Gasteiger partial charge >= 0.3 is 65.7 Å². The highest BCUT2D eigenvalue weighted by Crippen LogP contribution is 2.36. The van der Waals surface area contributed by atoms with Gasteiger partial charge in [-0.1, -0.05) is 188 Å². The molecule has 0 heterocycles. The number of carbonyl (C=O) groups excluding carboxylic acids is 11. The van der Waals surface area contributed by atoms with Gasteiger partial charge in [0.2, 0.25) is 5.60 Å². The van der Waals surface area contributed by atoms with E-state index in [-0.39, 0.29) is 50.8 Å². The molecule has 23 nitrogen and oxygen atoms in total. The summed E-state index contributed by atoms with van der Waals surface area (Å²) in [4.78, 5) is 131. The van der Waals surface area contributed by atoms with Gasteiger partial charge in [0.05, 0.1) is 34.4 Å². The molecule has 7 atom stereocenters. The van der Waals surface area contributed by atoms with Crippen LogP contribution in [0.15, 0.2) is 146 Å².